The van der Waals surface area contributed by atoms with E-state index in [1.165, 1.54) is 22.2 Å². The standard InChI is InChI=1S/C15H22BrNS/c1-9-11-6-10(15(11,2)3)7-13(9)17-8-14-12(16)4-5-18-14/h4-5,9-11,13,17H,6-8H2,1-3H3/t9-,10-,11+,13-/m1/s1. The van der Waals surface area contributed by atoms with E-state index in [9.17, 15) is 0 Å². The molecule has 0 amide bonds. The van der Waals surface area contributed by atoms with Crippen LogP contribution in [0.4, 0.5) is 0 Å². The van der Waals surface area contributed by atoms with Crippen molar-refractivity contribution in [2.45, 2.75) is 46.2 Å². The molecule has 3 aliphatic rings. The maximum Gasteiger partial charge on any atom is 0.0327 e. The van der Waals surface area contributed by atoms with E-state index in [2.05, 4.69) is 53.5 Å². The van der Waals surface area contributed by atoms with Crippen LogP contribution in [0.5, 0.6) is 0 Å². The highest BCUT2D eigenvalue weighted by Crippen LogP contribution is 2.61. The summed E-state index contributed by atoms with van der Waals surface area (Å²) in [6.07, 6.45) is 2.84. The monoisotopic (exact) mass is 327 g/mol. The molecule has 2 bridgehead atoms. The Kier molecular flexibility index (Phi) is 3.36. The summed E-state index contributed by atoms with van der Waals surface area (Å²) in [5.74, 6) is 2.70. The Morgan fingerprint density at radius 3 is 2.78 bits per heavy atom. The van der Waals surface area contributed by atoms with Gasteiger partial charge in [-0.25, -0.2) is 0 Å². The van der Waals surface area contributed by atoms with Crippen molar-refractivity contribution in [2.24, 2.45) is 23.2 Å². The molecule has 3 heteroatoms. The van der Waals surface area contributed by atoms with E-state index in [4.69, 9.17) is 0 Å². The first-order valence-electron chi connectivity index (χ1n) is 6.95. The minimum Gasteiger partial charge on any atom is -0.309 e. The molecule has 100 valence electrons. The average molecular weight is 328 g/mol. The van der Waals surface area contributed by atoms with Gasteiger partial charge >= 0.3 is 0 Å². The van der Waals surface area contributed by atoms with Crippen molar-refractivity contribution in [1.82, 2.24) is 5.32 Å². The number of thiophene rings is 1. The fourth-order valence-electron chi connectivity index (χ4n) is 4.09. The quantitative estimate of drug-likeness (QED) is 0.850. The molecule has 3 aliphatic carbocycles. The second-order valence-electron chi connectivity index (χ2n) is 6.63. The lowest BCUT2D eigenvalue weighted by Crippen LogP contribution is -2.59. The highest BCUT2D eigenvalue weighted by molar-refractivity contribution is 9.10. The maximum absolute atomic E-state index is 3.79. The first-order valence-corrected chi connectivity index (χ1v) is 8.62. The van der Waals surface area contributed by atoms with Crippen LogP contribution in [0.2, 0.25) is 0 Å². The van der Waals surface area contributed by atoms with Crippen LogP contribution in [0.15, 0.2) is 15.9 Å². The molecule has 0 radical (unpaired) electrons. The molecule has 3 fully saturated rings. The van der Waals surface area contributed by atoms with E-state index < -0.39 is 0 Å². The molecule has 0 aliphatic heterocycles. The van der Waals surface area contributed by atoms with Crippen LogP contribution in [-0.4, -0.2) is 6.04 Å². The molecule has 3 saturated carbocycles. The van der Waals surface area contributed by atoms with Gasteiger partial charge in [-0.3, -0.25) is 0 Å². The van der Waals surface area contributed by atoms with Gasteiger partial charge < -0.3 is 5.32 Å². The first-order chi connectivity index (χ1) is 8.50. The van der Waals surface area contributed by atoms with Gasteiger partial charge in [0.25, 0.3) is 0 Å². The molecule has 1 N–H and O–H groups in total. The molecular weight excluding hydrogens is 306 g/mol. The number of rotatable bonds is 3. The summed E-state index contributed by atoms with van der Waals surface area (Å²) in [7, 11) is 0. The van der Waals surface area contributed by atoms with Crippen molar-refractivity contribution in [3.8, 4) is 0 Å². The Balaban J connectivity index is 1.61. The molecule has 4 rings (SSSR count). The second kappa shape index (κ2) is 4.60. The summed E-state index contributed by atoms with van der Waals surface area (Å²) in [4.78, 5) is 1.43. The third-order valence-electron chi connectivity index (χ3n) is 5.57. The van der Waals surface area contributed by atoms with Gasteiger partial charge in [0.1, 0.15) is 0 Å². The van der Waals surface area contributed by atoms with Crippen molar-refractivity contribution in [1.29, 1.82) is 0 Å². The van der Waals surface area contributed by atoms with E-state index in [1.54, 1.807) is 0 Å². The highest BCUT2D eigenvalue weighted by Gasteiger charge is 2.55. The molecule has 4 atom stereocenters. The van der Waals surface area contributed by atoms with Gasteiger partial charge in [-0.1, -0.05) is 20.8 Å². The summed E-state index contributed by atoms with van der Waals surface area (Å²) < 4.78 is 1.26. The molecule has 1 aromatic heterocycles. The molecule has 0 spiro atoms. The third-order valence-corrected chi connectivity index (χ3v) is 7.50. The Bertz CT molecular complexity index is 439. The summed E-state index contributed by atoms with van der Waals surface area (Å²) in [6, 6.07) is 2.86. The SMILES string of the molecule is C[C@H]1[C@H](NCc2sccc2Br)C[C@H]2C[C@@H]1C2(C)C. The third kappa shape index (κ3) is 1.99. The predicted molar refractivity (Wildman–Crippen MR) is 81.8 cm³/mol. The van der Waals surface area contributed by atoms with Gasteiger partial charge in [-0.15, -0.1) is 11.3 Å². The van der Waals surface area contributed by atoms with Crippen LogP contribution < -0.4 is 5.32 Å². The van der Waals surface area contributed by atoms with Crippen molar-refractivity contribution in [3.05, 3.63) is 20.8 Å². The zero-order valence-electron chi connectivity index (χ0n) is 11.4. The van der Waals surface area contributed by atoms with E-state index in [1.807, 2.05) is 11.3 Å². The van der Waals surface area contributed by atoms with Crippen LogP contribution in [0.25, 0.3) is 0 Å². The molecular formula is C15H22BrNS. The fraction of sp³-hybridized carbons (Fsp3) is 0.733. The van der Waals surface area contributed by atoms with Gasteiger partial charge in [0, 0.05) is 21.9 Å². The van der Waals surface area contributed by atoms with Gasteiger partial charge in [-0.2, -0.15) is 0 Å². The lowest BCUT2D eigenvalue weighted by Gasteiger charge is -2.62. The molecule has 1 heterocycles. The minimum atomic E-state index is 0.598. The molecule has 0 unspecified atom stereocenters. The van der Waals surface area contributed by atoms with Crippen molar-refractivity contribution >= 4 is 27.3 Å². The predicted octanol–water partition coefficient (Wildman–Crippen LogP) is 4.67. The second-order valence-corrected chi connectivity index (χ2v) is 8.49. The number of hydrogen-bond donors (Lipinski definition) is 1. The van der Waals surface area contributed by atoms with Crippen molar-refractivity contribution < 1.29 is 0 Å². The van der Waals surface area contributed by atoms with Crippen LogP contribution in [0.3, 0.4) is 0 Å². The van der Waals surface area contributed by atoms with E-state index in [0.29, 0.717) is 5.41 Å². The summed E-state index contributed by atoms with van der Waals surface area (Å²) in [5.41, 5.74) is 0.598. The largest absolute Gasteiger partial charge is 0.309 e. The molecule has 18 heavy (non-hydrogen) atoms. The lowest BCUT2D eigenvalue weighted by molar-refractivity contribution is -0.115. The molecule has 1 nitrogen and oxygen atoms in total. The lowest BCUT2D eigenvalue weighted by atomic mass is 9.45. The van der Waals surface area contributed by atoms with Gasteiger partial charge in [0.2, 0.25) is 0 Å². The van der Waals surface area contributed by atoms with Crippen LogP contribution in [0, 0.1) is 23.2 Å². The van der Waals surface area contributed by atoms with E-state index in [0.717, 1.165) is 30.3 Å². The van der Waals surface area contributed by atoms with E-state index >= 15 is 0 Å². The van der Waals surface area contributed by atoms with Gasteiger partial charge in [-0.05, 0) is 63.4 Å². The Labute approximate surface area is 122 Å². The fourth-order valence-corrected chi connectivity index (χ4v) is 5.54. The molecule has 0 aromatic carbocycles. The van der Waals surface area contributed by atoms with Gasteiger partial charge in [0.15, 0.2) is 0 Å². The Hall–Kier alpha value is 0.140. The maximum atomic E-state index is 3.79. The summed E-state index contributed by atoms with van der Waals surface area (Å²) >= 11 is 5.46. The smallest absolute Gasteiger partial charge is 0.0327 e. The molecule has 1 aromatic rings. The van der Waals surface area contributed by atoms with Crippen LogP contribution in [0.1, 0.15) is 38.5 Å². The van der Waals surface area contributed by atoms with Crippen LogP contribution >= 0.6 is 27.3 Å². The van der Waals surface area contributed by atoms with Crippen molar-refractivity contribution in [2.75, 3.05) is 0 Å². The average Bonchev–Trinajstić information content (AvgIpc) is 2.73. The highest BCUT2D eigenvalue weighted by atomic mass is 79.9. The van der Waals surface area contributed by atoms with Crippen LogP contribution in [-0.2, 0) is 6.54 Å². The summed E-state index contributed by atoms with van der Waals surface area (Å²) in [5, 5.41) is 5.95. The van der Waals surface area contributed by atoms with E-state index in [-0.39, 0.29) is 0 Å². The number of halogens is 1. The zero-order chi connectivity index (χ0) is 12.9. The Morgan fingerprint density at radius 1 is 1.44 bits per heavy atom. The normalized spacial score (nSPS) is 37.3. The topological polar surface area (TPSA) is 12.0 Å². The summed E-state index contributed by atoms with van der Waals surface area (Å²) in [6.45, 7) is 8.40. The number of hydrogen-bond acceptors (Lipinski definition) is 2. The minimum absolute atomic E-state index is 0.598. The van der Waals surface area contributed by atoms with Gasteiger partial charge in [0.05, 0.1) is 0 Å². The molecule has 0 saturated heterocycles. The number of nitrogens with one attached hydrogen (secondary N) is 1. The van der Waals surface area contributed by atoms with Crippen molar-refractivity contribution in [3.63, 3.8) is 0 Å². The zero-order valence-corrected chi connectivity index (χ0v) is 13.8. The first kappa shape index (κ1) is 13.1. The number of fused-ring (bicyclic) bond motifs is 2. The Morgan fingerprint density at radius 2 is 2.22 bits per heavy atom.